The van der Waals surface area contributed by atoms with Gasteiger partial charge in [0, 0.05) is 10.8 Å². The Bertz CT molecular complexity index is 455. The molecule has 0 fully saturated rings. The van der Waals surface area contributed by atoms with E-state index in [2.05, 4.69) is 5.32 Å². The number of aliphatic hydroxyl groups is 1. The van der Waals surface area contributed by atoms with E-state index in [-0.39, 0.29) is 5.75 Å². The number of benzene rings is 1. The van der Waals surface area contributed by atoms with Gasteiger partial charge in [0.25, 0.3) is 0 Å². The van der Waals surface area contributed by atoms with Gasteiger partial charge in [-0.2, -0.15) is 0 Å². The third-order valence-electron chi connectivity index (χ3n) is 2.21. The van der Waals surface area contributed by atoms with Gasteiger partial charge in [0.05, 0.1) is 12.4 Å². The standard InChI is InChI=1S/C12H14ClNO4S/c13-9-3-1-2-8(4-9)6-19-7-11(16)14-10(5-15)12(17)18/h1-4,10,15H,5-7H2,(H,14,16)(H,17,18). The first-order valence-electron chi connectivity index (χ1n) is 5.48. The molecular formula is C12H14ClNO4S. The highest BCUT2D eigenvalue weighted by atomic mass is 35.5. The number of carboxylic acid groups (broad SMARTS) is 1. The van der Waals surface area contributed by atoms with Crippen molar-refractivity contribution in [3.63, 3.8) is 0 Å². The molecule has 7 heteroatoms. The second kappa shape index (κ2) is 8.04. The molecule has 104 valence electrons. The molecule has 19 heavy (non-hydrogen) atoms. The van der Waals surface area contributed by atoms with E-state index in [1.165, 1.54) is 11.8 Å². The monoisotopic (exact) mass is 303 g/mol. The summed E-state index contributed by atoms with van der Waals surface area (Å²) in [5, 5.41) is 20.3. The van der Waals surface area contributed by atoms with E-state index in [9.17, 15) is 9.59 Å². The molecule has 0 radical (unpaired) electrons. The molecule has 0 saturated carbocycles. The maximum atomic E-state index is 11.4. The Kier molecular flexibility index (Phi) is 6.69. The van der Waals surface area contributed by atoms with Crippen molar-refractivity contribution in [2.24, 2.45) is 0 Å². The average molecular weight is 304 g/mol. The number of aliphatic carboxylic acids is 1. The number of thioether (sulfide) groups is 1. The van der Waals surface area contributed by atoms with Crippen molar-refractivity contribution < 1.29 is 19.8 Å². The van der Waals surface area contributed by atoms with E-state index >= 15 is 0 Å². The highest BCUT2D eigenvalue weighted by Crippen LogP contribution is 2.16. The summed E-state index contributed by atoms with van der Waals surface area (Å²) in [6.07, 6.45) is 0. The van der Waals surface area contributed by atoms with Crippen LogP contribution in [0.3, 0.4) is 0 Å². The highest BCUT2D eigenvalue weighted by Gasteiger charge is 2.18. The first kappa shape index (κ1) is 15.8. The molecule has 1 amide bonds. The molecule has 0 aliphatic carbocycles. The van der Waals surface area contributed by atoms with Gasteiger partial charge in [-0.1, -0.05) is 23.7 Å². The molecule has 5 nitrogen and oxygen atoms in total. The average Bonchev–Trinajstić information content (AvgIpc) is 2.35. The lowest BCUT2D eigenvalue weighted by Crippen LogP contribution is -2.44. The molecule has 0 spiro atoms. The minimum absolute atomic E-state index is 0.121. The summed E-state index contributed by atoms with van der Waals surface area (Å²) in [6.45, 7) is -0.625. The van der Waals surface area contributed by atoms with Crippen LogP contribution < -0.4 is 5.32 Å². The topological polar surface area (TPSA) is 86.6 Å². The van der Waals surface area contributed by atoms with Gasteiger partial charge in [-0.15, -0.1) is 11.8 Å². The first-order valence-corrected chi connectivity index (χ1v) is 7.01. The van der Waals surface area contributed by atoms with Gasteiger partial charge in [-0.3, -0.25) is 4.79 Å². The van der Waals surface area contributed by atoms with Crippen LogP contribution in [0.5, 0.6) is 0 Å². The number of amides is 1. The van der Waals surface area contributed by atoms with Gasteiger partial charge in [-0.05, 0) is 17.7 Å². The van der Waals surface area contributed by atoms with Gasteiger partial charge in [-0.25, -0.2) is 4.79 Å². The summed E-state index contributed by atoms with van der Waals surface area (Å²) >= 11 is 7.17. The fourth-order valence-electron chi connectivity index (χ4n) is 1.31. The van der Waals surface area contributed by atoms with Crippen molar-refractivity contribution in [3.05, 3.63) is 34.9 Å². The van der Waals surface area contributed by atoms with Crippen molar-refractivity contribution in [3.8, 4) is 0 Å². The summed E-state index contributed by atoms with van der Waals surface area (Å²) in [5.74, 6) is -0.953. The Morgan fingerprint density at radius 1 is 1.42 bits per heavy atom. The van der Waals surface area contributed by atoms with E-state index in [0.29, 0.717) is 10.8 Å². The number of carbonyl (C=O) groups is 2. The predicted octanol–water partition coefficient (Wildman–Crippen LogP) is 1.13. The molecule has 1 aromatic carbocycles. The number of halogens is 1. The maximum absolute atomic E-state index is 11.4. The fraction of sp³-hybridized carbons (Fsp3) is 0.333. The molecule has 0 aliphatic rings. The summed E-state index contributed by atoms with van der Waals surface area (Å²) in [6, 6.07) is 6.04. The van der Waals surface area contributed by atoms with E-state index in [1.54, 1.807) is 12.1 Å². The number of aliphatic hydroxyl groups excluding tert-OH is 1. The van der Waals surface area contributed by atoms with Crippen LogP contribution in [0.25, 0.3) is 0 Å². The summed E-state index contributed by atoms with van der Waals surface area (Å²) in [4.78, 5) is 22.0. The normalized spacial score (nSPS) is 11.9. The largest absolute Gasteiger partial charge is 0.480 e. The molecule has 1 unspecified atom stereocenters. The van der Waals surface area contributed by atoms with Gasteiger partial charge in [0.2, 0.25) is 5.91 Å². The van der Waals surface area contributed by atoms with Crippen molar-refractivity contribution >= 4 is 35.2 Å². The molecule has 0 heterocycles. The summed E-state index contributed by atoms with van der Waals surface area (Å²) < 4.78 is 0. The fourth-order valence-corrected chi connectivity index (χ4v) is 2.31. The summed E-state index contributed by atoms with van der Waals surface area (Å²) in [7, 11) is 0. The quantitative estimate of drug-likeness (QED) is 0.703. The van der Waals surface area contributed by atoms with Crippen LogP contribution in [0.1, 0.15) is 5.56 Å². The van der Waals surface area contributed by atoms with Crippen LogP contribution in [0.15, 0.2) is 24.3 Å². The lowest BCUT2D eigenvalue weighted by molar-refractivity contribution is -0.142. The van der Waals surface area contributed by atoms with E-state index in [0.717, 1.165) is 5.56 Å². The molecule has 0 aromatic heterocycles. The Morgan fingerprint density at radius 2 is 2.16 bits per heavy atom. The van der Waals surface area contributed by atoms with E-state index in [1.807, 2.05) is 12.1 Å². The molecule has 1 rings (SSSR count). The maximum Gasteiger partial charge on any atom is 0.328 e. The predicted molar refractivity (Wildman–Crippen MR) is 74.3 cm³/mol. The number of hydrogen-bond donors (Lipinski definition) is 3. The molecule has 1 atom stereocenters. The third-order valence-corrected chi connectivity index (χ3v) is 3.45. The van der Waals surface area contributed by atoms with Crippen LogP contribution >= 0.6 is 23.4 Å². The third kappa shape index (κ3) is 5.96. The Hall–Kier alpha value is -1.24. The molecular weight excluding hydrogens is 290 g/mol. The number of nitrogens with one attached hydrogen (secondary N) is 1. The second-order valence-electron chi connectivity index (χ2n) is 3.76. The lowest BCUT2D eigenvalue weighted by Gasteiger charge is -2.11. The number of rotatable bonds is 7. The van der Waals surface area contributed by atoms with Crippen LogP contribution in [0.4, 0.5) is 0 Å². The molecule has 1 aromatic rings. The van der Waals surface area contributed by atoms with Gasteiger partial charge in [0.15, 0.2) is 0 Å². The Balaban J connectivity index is 2.33. The molecule has 0 aliphatic heterocycles. The zero-order chi connectivity index (χ0) is 14.3. The van der Waals surface area contributed by atoms with E-state index < -0.39 is 24.5 Å². The first-order chi connectivity index (χ1) is 9.02. The van der Waals surface area contributed by atoms with Gasteiger partial charge >= 0.3 is 5.97 Å². The molecule has 0 bridgehead atoms. The van der Waals surface area contributed by atoms with Crippen LogP contribution in [-0.2, 0) is 15.3 Å². The zero-order valence-electron chi connectivity index (χ0n) is 10.0. The Morgan fingerprint density at radius 3 is 2.74 bits per heavy atom. The summed E-state index contributed by atoms with van der Waals surface area (Å²) in [5.41, 5.74) is 0.988. The van der Waals surface area contributed by atoms with E-state index in [4.69, 9.17) is 21.8 Å². The van der Waals surface area contributed by atoms with Crippen molar-refractivity contribution in [2.75, 3.05) is 12.4 Å². The Labute approximate surface area is 120 Å². The van der Waals surface area contributed by atoms with Crippen LogP contribution in [-0.4, -0.2) is 40.5 Å². The van der Waals surface area contributed by atoms with Crippen LogP contribution in [0.2, 0.25) is 5.02 Å². The minimum atomic E-state index is -1.25. The van der Waals surface area contributed by atoms with Gasteiger partial charge in [0.1, 0.15) is 6.04 Å². The number of carboxylic acids is 1. The zero-order valence-corrected chi connectivity index (χ0v) is 11.6. The second-order valence-corrected chi connectivity index (χ2v) is 5.19. The SMILES string of the molecule is O=C(CSCc1cccc(Cl)c1)NC(CO)C(=O)O. The molecule has 3 N–H and O–H groups in total. The highest BCUT2D eigenvalue weighted by molar-refractivity contribution is 7.99. The van der Waals surface area contributed by atoms with Crippen molar-refractivity contribution in [1.82, 2.24) is 5.32 Å². The molecule has 0 saturated heterocycles. The van der Waals surface area contributed by atoms with Crippen molar-refractivity contribution in [1.29, 1.82) is 0 Å². The van der Waals surface area contributed by atoms with Gasteiger partial charge < -0.3 is 15.5 Å². The minimum Gasteiger partial charge on any atom is -0.480 e. The number of hydrogen-bond acceptors (Lipinski definition) is 4. The lowest BCUT2D eigenvalue weighted by atomic mass is 10.2. The smallest absolute Gasteiger partial charge is 0.328 e. The number of carbonyl (C=O) groups excluding carboxylic acids is 1. The van der Waals surface area contributed by atoms with Crippen LogP contribution in [0, 0.1) is 0 Å². The van der Waals surface area contributed by atoms with Crippen molar-refractivity contribution in [2.45, 2.75) is 11.8 Å².